The summed E-state index contributed by atoms with van der Waals surface area (Å²) in [5.41, 5.74) is -4.05. The molecule has 6 heteroatoms. The molecule has 13 heavy (non-hydrogen) atoms. The first-order chi connectivity index (χ1) is 5.90. The topological polar surface area (TPSA) is 9.23 Å². The van der Waals surface area contributed by atoms with E-state index < -0.39 is 23.0 Å². The number of rotatable bonds is 2. The summed E-state index contributed by atoms with van der Waals surface area (Å²) in [7, 11) is 0. The van der Waals surface area contributed by atoms with Crippen molar-refractivity contribution in [3.8, 4) is 5.75 Å². The zero-order valence-corrected chi connectivity index (χ0v) is 6.79. The van der Waals surface area contributed by atoms with Gasteiger partial charge in [0.1, 0.15) is 0 Å². The fraction of sp³-hybridized carbons (Fsp3) is 0.143. The van der Waals surface area contributed by atoms with Crippen molar-refractivity contribution in [3.05, 3.63) is 29.8 Å². The van der Waals surface area contributed by atoms with Crippen LogP contribution in [-0.4, -0.2) is 5.57 Å². The lowest BCUT2D eigenvalue weighted by Crippen LogP contribution is -2.16. The van der Waals surface area contributed by atoms with Crippen molar-refractivity contribution >= 4 is 11.6 Å². The molecule has 0 N–H and O–H groups in total. The van der Waals surface area contributed by atoms with E-state index in [-0.39, 0.29) is 0 Å². The van der Waals surface area contributed by atoms with Crippen LogP contribution in [0, 0.1) is 11.6 Å². The van der Waals surface area contributed by atoms with Crippen LogP contribution < -0.4 is 4.74 Å². The van der Waals surface area contributed by atoms with Gasteiger partial charge in [0.25, 0.3) is 0 Å². The van der Waals surface area contributed by atoms with Crippen LogP contribution in [0.1, 0.15) is 0 Å². The molecule has 1 rings (SSSR count). The van der Waals surface area contributed by atoms with E-state index in [1.165, 1.54) is 0 Å². The van der Waals surface area contributed by atoms with Gasteiger partial charge in [0.2, 0.25) is 5.82 Å². The van der Waals surface area contributed by atoms with Crippen molar-refractivity contribution in [2.24, 2.45) is 0 Å². The van der Waals surface area contributed by atoms with Crippen molar-refractivity contribution < 1.29 is 22.3 Å². The zero-order valence-electron chi connectivity index (χ0n) is 6.03. The highest BCUT2D eigenvalue weighted by atomic mass is 35.5. The van der Waals surface area contributed by atoms with Gasteiger partial charge in [-0.25, -0.2) is 4.39 Å². The second-order valence-electron chi connectivity index (χ2n) is 2.10. The highest BCUT2D eigenvalue weighted by Gasteiger charge is 2.29. The second-order valence-corrected chi connectivity index (χ2v) is 2.54. The molecule has 0 aliphatic carbocycles. The Bertz CT molecular complexity index is 310. The van der Waals surface area contributed by atoms with E-state index in [0.717, 1.165) is 18.2 Å². The Labute approximate surface area is 75.9 Å². The zero-order chi connectivity index (χ0) is 10.1. The number of alkyl halides is 3. The molecule has 1 nitrogen and oxygen atoms in total. The van der Waals surface area contributed by atoms with Gasteiger partial charge in [-0.3, -0.25) is 0 Å². The number of benzene rings is 1. The van der Waals surface area contributed by atoms with Crippen LogP contribution in [0.3, 0.4) is 0 Å². The predicted molar refractivity (Wildman–Crippen MR) is 37.8 cm³/mol. The highest BCUT2D eigenvalue weighted by molar-refractivity contribution is 6.20. The molecule has 0 radical (unpaired) electrons. The monoisotopic (exact) mass is 214 g/mol. The van der Waals surface area contributed by atoms with Crippen molar-refractivity contribution in [3.63, 3.8) is 0 Å². The Kier molecular flexibility index (Phi) is 2.66. The molecule has 0 amide bonds. The summed E-state index contributed by atoms with van der Waals surface area (Å²) in [6.07, 6.45) is 0. The largest absolute Gasteiger partial charge is 0.487 e. The molecule has 0 unspecified atom stereocenters. The summed E-state index contributed by atoms with van der Waals surface area (Å²) < 4.78 is 52.6. The van der Waals surface area contributed by atoms with Gasteiger partial charge >= 0.3 is 5.57 Å². The molecule has 0 aliphatic rings. The number of ether oxygens (including phenoxy) is 1. The van der Waals surface area contributed by atoms with E-state index in [0.29, 0.717) is 0 Å². The molecule has 1 aromatic carbocycles. The number of hydrogen-bond donors (Lipinski definition) is 0. The Morgan fingerprint density at radius 3 is 2.38 bits per heavy atom. The van der Waals surface area contributed by atoms with Crippen LogP contribution in [0.5, 0.6) is 5.75 Å². The predicted octanol–water partition coefficient (Wildman–Crippen LogP) is 3.13. The Hall–Kier alpha value is -0.970. The van der Waals surface area contributed by atoms with E-state index in [2.05, 4.69) is 16.3 Å². The van der Waals surface area contributed by atoms with Crippen LogP contribution in [0.15, 0.2) is 18.2 Å². The van der Waals surface area contributed by atoms with E-state index in [1.807, 2.05) is 0 Å². The molecule has 0 saturated heterocycles. The van der Waals surface area contributed by atoms with Crippen LogP contribution >= 0.6 is 11.6 Å². The fourth-order valence-corrected chi connectivity index (χ4v) is 0.771. The third-order valence-corrected chi connectivity index (χ3v) is 1.22. The van der Waals surface area contributed by atoms with Crippen molar-refractivity contribution in [2.75, 3.05) is 0 Å². The summed E-state index contributed by atoms with van der Waals surface area (Å²) in [5, 5.41) is 0. The third kappa shape index (κ3) is 2.77. The molecule has 0 bridgehead atoms. The summed E-state index contributed by atoms with van der Waals surface area (Å²) in [6.45, 7) is 0. The smallest absolute Gasteiger partial charge is 0.417 e. The van der Waals surface area contributed by atoms with E-state index in [1.54, 1.807) is 0 Å². The van der Waals surface area contributed by atoms with E-state index >= 15 is 0 Å². The molecule has 0 aliphatic heterocycles. The van der Waals surface area contributed by atoms with Gasteiger partial charge in [-0.15, -0.1) is 8.78 Å². The summed E-state index contributed by atoms with van der Waals surface area (Å²) >= 11 is 4.35. The molecule has 1 aromatic rings. The Morgan fingerprint density at radius 1 is 1.23 bits per heavy atom. The SMILES string of the molecule is Fc1cccc(OC(F)(F)Cl)c1F. The number of halogens is 5. The average molecular weight is 215 g/mol. The molecule has 0 aromatic heterocycles. The van der Waals surface area contributed by atoms with Gasteiger partial charge < -0.3 is 4.74 Å². The van der Waals surface area contributed by atoms with Crippen LogP contribution in [0.2, 0.25) is 0 Å². The Morgan fingerprint density at radius 2 is 1.85 bits per heavy atom. The number of hydrogen-bond acceptors (Lipinski definition) is 1. The standard InChI is InChI=1S/C7H3ClF4O/c8-7(11,12)13-5-3-1-2-4(9)6(5)10/h1-3H. The summed E-state index contributed by atoms with van der Waals surface area (Å²) in [5.74, 6) is -3.71. The normalized spacial score (nSPS) is 11.5. The molecule has 0 spiro atoms. The fourth-order valence-electron chi connectivity index (χ4n) is 0.688. The first kappa shape index (κ1) is 10.1. The second kappa shape index (κ2) is 3.41. The molecule has 0 fully saturated rings. The van der Waals surface area contributed by atoms with Gasteiger partial charge in [0.05, 0.1) is 0 Å². The first-order valence-electron chi connectivity index (χ1n) is 3.10. The minimum Gasteiger partial charge on any atom is -0.417 e. The lowest BCUT2D eigenvalue weighted by Gasteiger charge is -2.10. The van der Waals surface area contributed by atoms with Gasteiger partial charge in [-0.05, 0) is 12.1 Å². The van der Waals surface area contributed by atoms with Gasteiger partial charge in [0.15, 0.2) is 11.6 Å². The minimum absolute atomic E-state index is 0.772. The van der Waals surface area contributed by atoms with Crippen molar-refractivity contribution in [1.82, 2.24) is 0 Å². The first-order valence-corrected chi connectivity index (χ1v) is 3.48. The van der Waals surface area contributed by atoms with E-state index in [9.17, 15) is 17.6 Å². The van der Waals surface area contributed by atoms with Crippen LogP contribution in [-0.2, 0) is 0 Å². The third-order valence-electron chi connectivity index (χ3n) is 1.14. The van der Waals surface area contributed by atoms with Gasteiger partial charge in [-0.1, -0.05) is 6.07 Å². The maximum absolute atomic E-state index is 12.6. The maximum atomic E-state index is 12.6. The lowest BCUT2D eigenvalue weighted by molar-refractivity contribution is -0.0987. The van der Waals surface area contributed by atoms with E-state index in [4.69, 9.17) is 0 Å². The summed E-state index contributed by atoms with van der Waals surface area (Å²) in [4.78, 5) is 0. The summed E-state index contributed by atoms with van der Waals surface area (Å²) in [6, 6.07) is 2.64. The molecule has 0 saturated carbocycles. The Balaban J connectivity index is 2.96. The van der Waals surface area contributed by atoms with Crippen molar-refractivity contribution in [2.45, 2.75) is 5.57 Å². The average Bonchev–Trinajstić information content (AvgIpc) is 1.96. The molecule has 0 atom stereocenters. The lowest BCUT2D eigenvalue weighted by atomic mass is 10.3. The van der Waals surface area contributed by atoms with Crippen LogP contribution in [0.4, 0.5) is 17.6 Å². The van der Waals surface area contributed by atoms with Gasteiger partial charge in [-0.2, -0.15) is 4.39 Å². The molecule has 72 valence electrons. The van der Waals surface area contributed by atoms with Crippen LogP contribution in [0.25, 0.3) is 0 Å². The molecular weight excluding hydrogens is 212 g/mol. The van der Waals surface area contributed by atoms with Crippen molar-refractivity contribution in [1.29, 1.82) is 0 Å². The quantitative estimate of drug-likeness (QED) is 0.543. The molecule has 0 heterocycles. The molecular formula is C7H3ClF4O. The maximum Gasteiger partial charge on any atom is 0.487 e. The highest BCUT2D eigenvalue weighted by Crippen LogP contribution is 2.27. The van der Waals surface area contributed by atoms with Gasteiger partial charge in [0, 0.05) is 11.6 Å². The minimum atomic E-state index is -4.05.